The lowest BCUT2D eigenvalue weighted by Gasteiger charge is -2.20. The molecule has 1 aromatic carbocycles. The van der Waals surface area contributed by atoms with Gasteiger partial charge in [0.25, 0.3) is 5.91 Å². The van der Waals surface area contributed by atoms with Crippen LogP contribution in [0.15, 0.2) is 42.6 Å². The Balaban J connectivity index is 2.08. The van der Waals surface area contributed by atoms with Crippen LogP contribution in [-0.2, 0) is 9.53 Å². The number of benzene rings is 1. The molecule has 3 N–H and O–H groups in total. The molecule has 2 heterocycles. The maximum absolute atomic E-state index is 13.1. The fourth-order valence-corrected chi connectivity index (χ4v) is 3.19. The van der Waals surface area contributed by atoms with Gasteiger partial charge in [0.15, 0.2) is 11.8 Å². The number of primary amides is 1. The first-order chi connectivity index (χ1) is 14.7. The molecular formula is C22H25N5O4. The molecular weight excluding hydrogens is 398 g/mol. The average molecular weight is 423 g/mol. The van der Waals surface area contributed by atoms with Gasteiger partial charge in [-0.2, -0.15) is 5.10 Å². The second kappa shape index (κ2) is 8.95. The Labute approximate surface area is 179 Å². The van der Waals surface area contributed by atoms with Crippen molar-refractivity contribution in [1.29, 1.82) is 0 Å². The van der Waals surface area contributed by atoms with Crippen LogP contribution >= 0.6 is 0 Å². The highest BCUT2D eigenvalue weighted by Crippen LogP contribution is 2.27. The molecule has 0 saturated heterocycles. The van der Waals surface area contributed by atoms with E-state index in [0.717, 1.165) is 5.56 Å². The second-order valence-electron chi connectivity index (χ2n) is 7.76. The van der Waals surface area contributed by atoms with E-state index < -0.39 is 24.0 Å². The Morgan fingerprint density at radius 1 is 1.10 bits per heavy atom. The zero-order valence-corrected chi connectivity index (χ0v) is 17.8. The monoisotopic (exact) mass is 423 g/mol. The number of hydrogen-bond donors (Lipinski definition) is 2. The van der Waals surface area contributed by atoms with E-state index in [1.165, 1.54) is 0 Å². The second-order valence-corrected chi connectivity index (χ2v) is 7.76. The molecule has 2 aromatic heterocycles. The minimum atomic E-state index is -1.19. The van der Waals surface area contributed by atoms with Crippen LogP contribution in [0.25, 0.3) is 22.3 Å². The number of esters is 1. The van der Waals surface area contributed by atoms with Gasteiger partial charge in [-0.3, -0.25) is 10.1 Å². The minimum Gasteiger partial charge on any atom is -0.448 e. The van der Waals surface area contributed by atoms with Crippen molar-refractivity contribution in [3.05, 3.63) is 48.2 Å². The largest absolute Gasteiger partial charge is 0.448 e. The molecule has 31 heavy (non-hydrogen) atoms. The molecule has 1 unspecified atom stereocenters. The lowest BCUT2D eigenvalue weighted by molar-refractivity contribution is -0.130. The van der Waals surface area contributed by atoms with Crippen molar-refractivity contribution >= 4 is 28.9 Å². The summed E-state index contributed by atoms with van der Waals surface area (Å²) in [5, 5.41) is 6.85. The number of amides is 3. The quantitative estimate of drug-likeness (QED) is 0.586. The van der Waals surface area contributed by atoms with Gasteiger partial charge in [-0.1, -0.05) is 44.2 Å². The molecule has 0 radical (unpaired) electrons. The molecule has 0 spiro atoms. The third kappa shape index (κ3) is 4.71. The van der Waals surface area contributed by atoms with Crippen molar-refractivity contribution in [2.24, 2.45) is 11.7 Å². The van der Waals surface area contributed by atoms with Crippen LogP contribution in [0.3, 0.4) is 0 Å². The van der Waals surface area contributed by atoms with E-state index in [1.54, 1.807) is 30.8 Å². The van der Waals surface area contributed by atoms with Crippen LogP contribution in [0.5, 0.6) is 0 Å². The van der Waals surface area contributed by atoms with E-state index in [-0.39, 0.29) is 17.5 Å². The Morgan fingerprint density at radius 3 is 2.35 bits per heavy atom. The highest BCUT2D eigenvalue weighted by atomic mass is 16.5. The fourth-order valence-electron chi connectivity index (χ4n) is 3.19. The van der Waals surface area contributed by atoms with Gasteiger partial charge < -0.3 is 10.5 Å². The van der Waals surface area contributed by atoms with E-state index in [1.807, 2.05) is 49.5 Å². The number of nitrogens with zero attached hydrogens (tertiary/aromatic N) is 3. The predicted molar refractivity (Wildman–Crippen MR) is 115 cm³/mol. The van der Waals surface area contributed by atoms with Gasteiger partial charge in [0, 0.05) is 11.6 Å². The van der Waals surface area contributed by atoms with Gasteiger partial charge in [0.2, 0.25) is 0 Å². The number of aromatic nitrogens is 3. The number of carbonyl (C=O) groups is 3. The Bertz CT molecular complexity index is 1120. The lowest BCUT2D eigenvalue weighted by atomic mass is 10.1. The molecule has 0 saturated carbocycles. The summed E-state index contributed by atoms with van der Waals surface area (Å²) in [6, 6.07) is 10.0. The fraction of sp³-hybridized carbons (Fsp3) is 0.318. The van der Waals surface area contributed by atoms with Crippen LogP contribution in [0.1, 0.15) is 44.1 Å². The summed E-state index contributed by atoms with van der Waals surface area (Å²) >= 11 is 0. The van der Waals surface area contributed by atoms with E-state index in [2.05, 4.69) is 5.10 Å². The van der Waals surface area contributed by atoms with Crippen molar-refractivity contribution in [2.75, 3.05) is 0 Å². The van der Waals surface area contributed by atoms with Gasteiger partial charge in [0.05, 0.1) is 22.8 Å². The van der Waals surface area contributed by atoms with Crippen LogP contribution in [0.2, 0.25) is 0 Å². The summed E-state index contributed by atoms with van der Waals surface area (Å²) < 4.78 is 7.23. The van der Waals surface area contributed by atoms with Gasteiger partial charge >= 0.3 is 12.0 Å². The predicted octanol–water partition coefficient (Wildman–Crippen LogP) is 3.06. The van der Waals surface area contributed by atoms with Crippen molar-refractivity contribution in [3.8, 4) is 11.3 Å². The van der Waals surface area contributed by atoms with Crippen LogP contribution in [-0.4, -0.2) is 38.8 Å². The van der Waals surface area contributed by atoms with E-state index >= 15 is 0 Å². The summed E-state index contributed by atoms with van der Waals surface area (Å²) in [5.41, 5.74) is 7.19. The molecule has 0 aliphatic carbocycles. The summed E-state index contributed by atoms with van der Waals surface area (Å²) in [7, 11) is 0. The first kappa shape index (κ1) is 21.9. The molecule has 1 atom stereocenters. The molecule has 0 bridgehead atoms. The number of hydrogen-bond acceptors (Lipinski definition) is 6. The maximum atomic E-state index is 13.1. The number of fused-ring (bicyclic) bond motifs is 1. The number of rotatable bonds is 6. The van der Waals surface area contributed by atoms with E-state index in [9.17, 15) is 14.4 Å². The molecule has 9 heteroatoms. The molecule has 0 aliphatic heterocycles. The van der Waals surface area contributed by atoms with Crippen LogP contribution in [0.4, 0.5) is 4.79 Å². The molecule has 3 amide bonds. The third-order valence-electron chi connectivity index (χ3n) is 4.69. The molecule has 3 rings (SSSR count). The molecule has 3 aromatic rings. The first-order valence-electron chi connectivity index (χ1n) is 9.94. The smallest absolute Gasteiger partial charge is 0.339 e. The third-order valence-corrected chi connectivity index (χ3v) is 4.69. The SMILES string of the molecule is CC(C)C(OC(=O)c1cc(-c2ccccc2)nc2c1cnn2C(C)C)C(=O)NC(N)=O. The van der Waals surface area contributed by atoms with E-state index in [0.29, 0.717) is 16.7 Å². The summed E-state index contributed by atoms with van der Waals surface area (Å²) in [4.78, 5) is 41.2. The number of urea groups is 1. The molecule has 9 nitrogen and oxygen atoms in total. The Hall–Kier alpha value is -3.75. The minimum absolute atomic E-state index is 0.0182. The van der Waals surface area contributed by atoms with Crippen molar-refractivity contribution in [1.82, 2.24) is 20.1 Å². The number of carbonyl (C=O) groups excluding carboxylic acids is 3. The normalized spacial score (nSPS) is 12.2. The van der Waals surface area contributed by atoms with Crippen molar-refractivity contribution < 1.29 is 19.1 Å². The van der Waals surface area contributed by atoms with Crippen molar-refractivity contribution in [3.63, 3.8) is 0 Å². The number of ether oxygens (including phenoxy) is 1. The topological polar surface area (TPSA) is 129 Å². The number of nitrogens with two attached hydrogens (primary N) is 1. The summed E-state index contributed by atoms with van der Waals surface area (Å²) in [5.74, 6) is -1.87. The number of imide groups is 1. The average Bonchev–Trinajstić information content (AvgIpc) is 3.15. The highest BCUT2D eigenvalue weighted by molar-refractivity contribution is 6.05. The molecule has 0 fully saturated rings. The zero-order valence-electron chi connectivity index (χ0n) is 17.8. The van der Waals surface area contributed by atoms with E-state index in [4.69, 9.17) is 15.5 Å². The maximum Gasteiger partial charge on any atom is 0.339 e. The van der Waals surface area contributed by atoms with Gasteiger partial charge in [-0.05, 0) is 25.8 Å². The first-order valence-corrected chi connectivity index (χ1v) is 9.94. The van der Waals surface area contributed by atoms with Crippen molar-refractivity contribution in [2.45, 2.75) is 39.8 Å². The van der Waals surface area contributed by atoms with Gasteiger partial charge in [-0.15, -0.1) is 0 Å². The highest BCUT2D eigenvalue weighted by Gasteiger charge is 2.29. The Kier molecular flexibility index (Phi) is 6.33. The van der Waals surface area contributed by atoms with Gasteiger partial charge in [0.1, 0.15) is 0 Å². The van der Waals surface area contributed by atoms with Crippen LogP contribution in [0, 0.1) is 5.92 Å². The zero-order chi connectivity index (χ0) is 22.7. The molecule has 0 aliphatic rings. The number of pyridine rings is 1. The summed E-state index contributed by atoms with van der Waals surface area (Å²) in [6.07, 6.45) is 0.366. The lowest BCUT2D eigenvalue weighted by Crippen LogP contribution is -2.45. The Morgan fingerprint density at radius 2 is 1.77 bits per heavy atom. The molecule has 162 valence electrons. The number of nitrogens with one attached hydrogen (secondary N) is 1. The van der Waals surface area contributed by atoms with Gasteiger partial charge in [-0.25, -0.2) is 19.3 Å². The summed E-state index contributed by atoms with van der Waals surface area (Å²) in [6.45, 7) is 7.33. The van der Waals surface area contributed by atoms with Crippen LogP contribution < -0.4 is 11.1 Å². The standard InChI is InChI=1S/C22H25N5O4/c1-12(2)18(20(28)26-22(23)30)31-21(29)15-10-17(14-8-6-5-7-9-14)25-19-16(15)11-24-27(19)13(3)4/h5-13,18H,1-4H3,(H3,23,26,28,30).